The smallest absolute Gasteiger partial charge is 0.0295 e. The molecule has 2 N–H and O–H groups in total. The van der Waals surface area contributed by atoms with Gasteiger partial charge in [-0.25, -0.2) is 0 Å². The van der Waals surface area contributed by atoms with Crippen LogP contribution in [0.1, 0.15) is 48.5 Å². The molecule has 2 nitrogen and oxygen atoms in total. The summed E-state index contributed by atoms with van der Waals surface area (Å²) in [7, 11) is 0. The van der Waals surface area contributed by atoms with Gasteiger partial charge in [-0.1, -0.05) is 27.7 Å². The van der Waals surface area contributed by atoms with Crippen molar-refractivity contribution in [3.8, 4) is 0 Å². The minimum atomic E-state index is 0.220. The lowest BCUT2D eigenvalue weighted by Gasteiger charge is -2.44. The van der Waals surface area contributed by atoms with Gasteiger partial charge < -0.3 is 5.73 Å². The van der Waals surface area contributed by atoms with Crippen LogP contribution >= 0.6 is 0 Å². The summed E-state index contributed by atoms with van der Waals surface area (Å²) in [4.78, 5) is 2.49. The summed E-state index contributed by atoms with van der Waals surface area (Å²) >= 11 is 0. The maximum atomic E-state index is 6.10. The molecule has 86 valence electrons. The zero-order valence-corrected chi connectivity index (χ0v) is 11.0. The fourth-order valence-electron chi connectivity index (χ4n) is 2.47. The molecule has 0 saturated carbocycles. The van der Waals surface area contributed by atoms with Crippen molar-refractivity contribution in [3.63, 3.8) is 0 Å². The molecule has 14 heavy (non-hydrogen) atoms. The van der Waals surface area contributed by atoms with E-state index in [1.54, 1.807) is 0 Å². The third-order valence-corrected chi connectivity index (χ3v) is 2.77. The average Bonchev–Trinajstić information content (AvgIpc) is 1.95. The van der Waals surface area contributed by atoms with Crippen molar-refractivity contribution in [2.45, 2.75) is 66.6 Å². The van der Waals surface area contributed by atoms with Crippen LogP contribution in [0, 0.1) is 5.41 Å². The van der Waals surface area contributed by atoms with E-state index >= 15 is 0 Å². The van der Waals surface area contributed by atoms with E-state index in [-0.39, 0.29) is 11.5 Å². The molecule has 0 aliphatic heterocycles. The highest BCUT2D eigenvalue weighted by molar-refractivity contribution is 4.90. The van der Waals surface area contributed by atoms with E-state index in [0.717, 1.165) is 6.54 Å². The lowest BCUT2D eigenvalue weighted by molar-refractivity contribution is 0.0606. The van der Waals surface area contributed by atoms with Gasteiger partial charge in [0.1, 0.15) is 0 Å². The predicted molar refractivity (Wildman–Crippen MR) is 64.4 cm³/mol. The van der Waals surface area contributed by atoms with Crippen molar-refractivity contribution in [1.82, 2.24) is 4.90 Å². The lowest BCUT2D eigenvalue weighted by atomic mass is 9.81. The SMILES string of the molecule is CCN(C(C)C)C(C(C)N)C(C)(C)C. The predicted octanol–water partition coefficient (Wildman–Crippen LogP) is 2.48. The van der Waals surface area contributed by atoms with Gasteiger partial charge in [-0.2, -0.15) is 0 Å². The Bertz CT molecular complexity index is 156. The summed E-state index contributed by atoms with van der Waals surface area (Å²) in [6.07, 6.45) is 0. The van der Waals surface area contributed by atoms with Crippen molar-refractivity contribution in [2.75, 3.05) is 6.54 Å². The molecule has 0 aromatic heterocycles. The van der Waals surface area contributed by atoms with Crippen LogP contribution in [0.15, 0.2) is 0 Å². The molecule has 0 heterocycles. The van der Waals surface area contributed by atoms with Crippen LogP contribution in [-0.2, 0) is 0 Å². The number of hydrogen-bond acceptors (Lipinski definition) is 2. The van der Waals surface area contributed by atoms with Crippen molar-refractivity contribution >= 4 is 0 Å². The molecule has 0 rings (SSSR count). The maximum absolute atomic E-state index is 6.10. The molecular formula is C12H28N2. The first-order chi connectivity index (χ1) is 6.21. The Morgan fingerprint density at radius 1 is 1.14 bits per heavy atom. The summed E-state index contributed by atoms with van der Waals surface area (Å²) < 4.78 is 0. The number of likely N-dealkylation sites (N-methyl/N-ethyl adjacent to an activating group) is 1. The summed E-state index contributed by atoms with van der Waals surface area (Å²) in [6, 6.07) is 1.24. The molecular weight excluding hydrogens is 172 g/mol. The molecule has 2 unspecified atom stereocenters. The summed E-state index contributed by atoms with van der Waals surface area (Å²) in [5.74, 6) is 0. The van der Waals surface area contributed by atoms with Gasteiger partial charge in [-0.05, 0) is 32.7 Å². The Balaban J connectivity index is 4.80. The third-order valence-electron chi connectivity index (χ3n) is 2.77. The van der Waals surface area contributed by atoms with E-state index in [9.17, 15) is 0 Å². The fourth-order valence-corrected chi connectivity index (χ4v) is 2.47. The number of nitrogens with zero attached hydrogens (tertiary/aromatic N) is 1. The van der Waals surface area contributed by atoms with Gasteiger partial charge >= 0.3 is 0 Å². The van der Waals surface area contributed by atoms with Crippen LogP contribution in [0.25, 0.3) is 0 Å². The van der Waals surface area contributed by atoms with Crippen LogP contribution in [-0.4, -0.2) is 29.6 Å². The third kappa shape index (κ3) is 3.58. The molecule has 0 aliphatic carbocycles. The molecule has 0 aliphatic rings. The van der Waals surface area contributed by atoms with Crippen molar-refractivity contribution in [2.24, 2.45) is 11.1 Å². The first-order valence-electron chi connectivity index (χ1n) is 5.73. The summed E-state index contributed by atoms with van der Waals surface area (Å²) in [5, 5.41) is 0. The molecule has 0 fully saturated rings. The van der Waals surface area contributed by atoms with Crippen LogP contribution in [0.3, 0.4) is 0 Å². The number of rotatable bonds is 4. The first kappa shape index (κ1) is 13.9. The van der Waals surface area contributed by atoms with E-state index in [4.69, 9.17) is 5.73 Å². The Kier molecular flexibility index (Phi) is 5.10. The molecule has 0 aromatic rings. The molecule has 0 radical (unpaired) electrons. The maximum Gasteiger partial charge on any atom is 0.0295 e. The standard InChI is InChI=1S/C12H28N2/c1-8-14(9(2)3)11(10(4)13)12(5,6)7/h9-11H,8,13H2,1-7H3. The molecule has 0 spiro atoms. The van der Waals surface area contributed by atoms with E-state index in [1.807, 2.05) is 0 Å². The van der Waals surface area contributed by atoms with Crippen molar-refractivity contribution in [3.05, 3.63) is 0 Å². The van der Waals surface area contributed by atoms with Gasteiger partial charge in [0.25, 0.3) is 0 Å². The molecule has 2 heteroatoms. The van der Waals surface area contributed by atoms with Gasteiger partial charge in [-0.15, -0.1) is 0 Å². The van der Waals surface area contributed by atoms with Gasteiger partial charge in [0.2, 0.25) is 0 Å². The Labute approximate surface area is 89.9 Å². The zero-order valence-electron chi connectivity index (χ0n) is 11.0. The van der Waals surface area contributed by atoms with E-state index in [0.29, 0.717) is 12.1 Å². The van der Waals surface area contributed by atoms with Gasteiger partial charge in [0.15, 0.2) is 0 Å². The number of hydrogen-bond donors (Lipinski definition) is 1. The largest absolute Gasteiger partial charge is 0.327 e. The average molecular weight is 200 g/mol. The van der Waals surface area contributed by atoms with Crippen LogP contribution in [0.2, 0.25) is 0 Å². The second kappa shape index (κ2) is 5.13. The summed E-state index contributed by atoms with van der Waals surface area (Å²) in [5.41, 5.74) is 6.34. The van der Waals surface area contributed by atoms with Gasteiger partial charge in [0, 0.05) is 18.1 Å². The Morgan fingerprint density at radius 2 is 1.57 bits per heavy atom. The number of nitrogens with two attached hydrogens (primary N) is 1. The van der Waals surface area contributed by atoms with E-state index in [1.165, 1.54) is 0 Å². The lowest BCUT2D eigenvalue weighted by Crippen LogP contribution is -2.55. The minimum Gasteiger partial charge on any atom is -0.327 e. The molecule has 0 bridgehead atoms. The second-order valence-corrected chi connectivity index (χ2v) is 5.59. The summed E-state index contributed by atoms with van der Waals surface area (Å²) in [6.45, 7) is 16.7. The van der Waals surface area contributed by atoms with Crippen LogP contribution in [0.5, 0.6) is 0 Å². The quantitative estimate of drug-likeness (QED) is 0.755. The highest BCUT2D eigenvalue weighted by atomic mass is 15.2. The van der Waals surface area contributed by atoms with Crippen molar-refractivity contribution < 1.29 is 0 Å². The Hall–Kier alpha value is -0.0800. The highest BCUT2D eigenvalue weighted by Crippen LogP contribution is 2.27. The zero-order chi connectivity index (χ0) is 11.5. The van der Waals surface area contributed by atoms with Crippen molar-refractivity contribution in [1.29, 1.82) is 0 Å². The normalized spacial score (nSPS) is 17.6. The molecule has 0 amide bonds. The first-order valence-corrected chi connectivity index (χ1v) is 5.73. The van der Waals surface area contributed by atoms with Gasteiger partial charge in [-0.3, -0.25) is 4.90 Å². The molecule has 2 atom stereocenters. The van der Waals surface area contributed by atoms with Crippen LogP contribution in [0.4, 0.5) is 0 Å². The highest BCUT2D eigenvalue weighted by Gasteiger charge is 2.33. The van der Waals surface area contributed by atoms with E-state index < -0.39 is 0 Å². The fraction of sp³-hybridized carbons (Fsp3) is 1.00. The van der Waals surface area contributed by atoms with Crippen LogP contribution < -0.4 is 5.73 Å². The minimum absolute atomic E-state index is 0.220. The Morgan fingerprint density at radius 3 is 1.64 bits per heavy atom. The second-order valence-electron chi connectivity index (χ2n) is 5.59. The molecule has 0 saturated heterocycles. The van der Waals surface area contributed by atoms with Gasteiger partial charge in [0.05, 0.1) is 0 Å². The van der Waals surface area contributed by atoms with E-state index in [2.05, 4.69) is 53.4 Å². The molecule has 0 aromatic carbocycles. The monoisotopic (exact) mass is 200 g/mol. The topological polar surface area (TPSA) is 29.3 Å².